The number of isocyanates is 1. The van der Waals surface area contributed by atoms with Gasteiger partial charge in [-0.25, -0.2) is 4.79 Å². The Morgan fingerprint density at radius 2 is 1.67 bits per heavy atom. The van der Waals surface area contributed by atoms with Crippen molar-refractivity contribution in [3.05, 3.63) is 24.3 Å². The second kappa shape index (κ2) is 6.10. The van der Waals surface area contributed by atoms with Crippen molar-refractivity contribution >= 4 is 23.4 Å². The minimum atomic E-state index is -0.323. The zero-order valence-corrected chi connectivity index (χ0v) is 12.8. The van der Waals surface area contributed by atoms with Crippen LogP contribution in [0.2, 0.25) is 0 Å². The molecule has 5 nitrogen and oxygen atoms in total. The van der Waals surface area contributed by atoms with Crippen LogP contribution >= 0.6 is 0 Å². The first kappa shape index (κ1) is 15.3. The Kier molecular flexibility index (Phi) is 4.43. The fourth-order valence-corrected chi connectivity index (χ4v) is 2.43. The highest BCUT2D eigenvalue weighted by Gasteiger charge is 2.29. The molecule has 0 atom stereocenters. The van der Waals surface area contributed by atoms with Gasteiger partial charge < -0.3 is 9.80 Å². The first-order valence-electron chi connectivity index (χ1n) is 7.14. The highest BCUT2D eigenvalue weighted by molar-refractivity contribution is 5.81. The van der Waals surface area contributed by atoms with E-state index in [-0.39, 0.29) is 11.3 Å². The third kappa shape index (κ3) is 3.70. The summed E-state index contributed by atoms with van der Waals surface area (Å²) in [6.07, 6.45) is 1.53. The van der Waals surface area contributed by atoms with E-state index in [1.54, 1.807) is 12.1 Å². The molecule has 1 aliphatic heterocycles. The van der Waals surface area contributed by atoms with Crippen LogP contribution in [0.5, 0.6) is 0 Å². The fraction of sp³-hybridized carbons (Fsp3) is 0.500. The lowest BCUT2D eigenvalue weighted by molar-refractivity contribution is -0.139. The van der Waals surface area contributed by atoms with Crippen molar-refractivity contribution < 1.29 is 9.59 Å². The number of nitrogens with zero attached hydrogens (tertiary/aromatic N) is 3. The lowest BCUT2D eigenvalue weighted by Gasteiger charge is -2.38. The van der Waals surface area contributed by atoms with Crippen molar-refractivity contribution in [3.8, 4) is 0 Å². The number of carbonyl (C=O) groups excluding carboxylic acids is 2. The summed E-state index contributed by atoms with van der Waals surface area (Å²) in [5.74, 6) is 0.206. The molecule has 1 aromatic rings. The Balaban J connectivity index is 1.97. The number of benzene rings is 1. The summed E-state index contributed by atoms with van der Waals surface area (Å²) in [5, 5.41) is 0. The van der Waals surface area contributed by atoms with Crippen LogP contribution in [-0.4, -0.2) is 43.1 Å². The zero-order valence-electron chi connectivity index (χ0n) is 12.8. The molecular formula is C16H21N3O2. The first-order valence-corrected chi connectivity index (χ1v) is 7.14. The molecule has 0 unspecified atom stereocenters. The number of piperazine rings is 1. The van der Waals surface area contributed by atoms with Gasteiger partial charge in [-0.15, -0.1) is 0 Å². The topological polar surface area (TPSA) is 53.0 Å². The predicted molar refractivity (Wildman–Crippen MR) is 82.5 cm³/mol. The van der Waals surface area contributed by atoms with E-state index in [0.717, 1.165) is 31.9 Å². The quantitative estimate of drug-likeness (QED) is 0.620. The lowest BCUT2D eigenvalue weighted by Crippen LogP contribution is -2.51. The molecule has 1 aliphatic rings. The van der Waals surface area contributed by atoms with Crippen molar-refractivity contribution in [1.29, 1.82) is 0 Å². The van der Waals surface area contributed by atoms with E-state index < -0.39 is 0 Å². The Labute approximate surface area is 125 Å². The number of aliphatic imine (C=N–C) groups is 1. The van der Waals surface area contributed by atoms with Crippen molar-refractivity contribution in [3.63, 3.8) is 0 Å². The third-order valence-corrected chi connectivity index (χ3v) is 3.60. The van der Waals surface area contributed by atoms with Crippen LogP contribution in [0.3, 0.4) is 0 Å². The number of amides is 1. The number of anilines is 1. The van der Waals surface area contributed by atoms with E-state index in [9.17, 15) is 9.59 Å². The van der Waals surface area contributed by atoms with Crippen LogP contribution in [0, 0.1) is 5.41 Å². The molecular weight excluding hydrogens is 266 g/mol. The summed E-state index contributed by atoms with van der Waals surface area (Å²) in [6, 6.07) is 7.48. The number of carbonyl (C=O) groups is 1. The van der Waals surface area contributed by atoms with Gasteiger partial charge in [0.1, 0.15) is 0 Å². The number of hydrogen-bond donors (Lipinski definition) is 0. The van der Waals surface area contributed by atoms with Crippen LogP contribution in [0.1, 0.15) is 20.8 Å². The van der Waals surface area contributed by atoms with Gasteiger partial charge in [0, 0.05) is 37.3 Å². The Morgan fingerprint density at radius 3 is 2.14 bits per heavy atom. The van der Waals surface area contributed by atoms with E-state index in [2.05, 4.69) is 9.89 Å². The van der Waals surface area contributed by atoms with Gasteiger partial charge in [-0.3, -0.25) is 4.79 Å². The van der Waals surface area contributed by atoms with E-state index in [4.69, 9.17) is 0 Å². The third-order valence-electron chi connectivity index (χ3n) is 3.60. The maximum absolute atomic E-state index is 12.2. The summed E-state index contributed by atoms with van der Waals surface area (Å²) in [5.41, 5.74) is 1.37. The molecule has 1 amide bonds. The van der Waals surface area contributed by atoms with Crippen molar-refractivity contribution in [2.24, 2.45) is 10.4 Å². The fourth-order valence-electron chi connectivity index (χ4n) is 2.43. The minimum absolute atomic E-state index is 0.206. The van der Waals surface area contributed by atoms with Gasteiger partial charge >= 0.3 is 0 Å². The number of rotatable bonds is 2. The second-order valence-electron chi connectivity index (χ2n) is 6.25. The Morgan fingerprint density at radius 1 is 1.10 bits per heavy atom. The molecule has 1 fully saturated rings. The average Bonchev–Trinajstić information content (AvgIpc) is 2.47. The van der Waals surface area contributed by atoms with Crippen molar-refractivity contribution in [2.45, 2.75) is 20.8 Å². The molecule has 0 N–H and O–H groups in total. The molecule has 0 aromatic heterocycles. The van der Waals surface area contributed by atoms with Gasteiger partial charge in [-0.1, -0.05) is 20.8 Å². The second-order valence-corrected chi connectivity index (χ2v) is 6.25. The molecule has 0 saturated carbocycles. The standard InChI is InChI=1S/C16H21N3O2/c1-16(2,3)15(21)19-10-8-18(9-11-19)14-6-4-13(5-7-14)17-12-20/h4-7H,8-11H2,1-3H3. The average molecular weight is 287 g/mol. The van der Waals surface area contributed by atoms with Gasteiger partial charge in [0.2, 0.25) is 12.0 Å². The summed E-state index contributed by atoms with van der Waals surface area (Å²) in [4.78, 5) is 30.2. The van der Waals surface area contributed by atoms with Gasteiger partial charge in [0.25, 0.3) is 0 Å². The van der Waals surface area contributed by atoms with Crippen molar-refractivity contribution in [2.75, 3.05) is 31.1 Å². The summed E-state index contributed by atoms with van der Waals surface area (Å²) < 4.78 is 0. The molecule has 21 heavy (non-hydrogen) atoms. The maximum atomic E-state index is 12.2. The van der Waals surface area contributed by atoms with Gasteiger partial charge in [0.15, 0.2) is 0 Å². The monoisotopic (exact) mass is 287 g/mol. The summed E-state index contributed by atoms with van der Waals surface area (Å²) in [6.45, 7) is 8.97. The predicted octanol–water partition coefficient (Wildman–Crippen LogP) is 2.35. The zero-order chi connectivity index (χ0) is 15.5. The van der Waals surface area contributed by atoms with Gasteiger partial charge in [-0.2, -0.15) is 4.99 Å². The number of hydrogen-bond acceptors (Lipinski definition) is 4. The largest absolute Gasteiger partial charge is 0.368 e. The van der Waals surface area contributed by atoms with E-state index in [0.29, 0.717) is 5.69 Å². The molecule has 112 valence electrons. The molecule has 0 radical (unpaired) electrons. The van der Waals surface area contributed by atoms with Crippen LogP contribution in [0.15, 0.2) is 29.3 Å². The van der Waals surface area contributed by atoms with Gasteiger partial charge in [0.05, 0.1) is 5.69 Å². The molecule has 1 aromatic carbocycles. The maximum Gasteiger partial charge on any atom is 0.240 e. The highest BCUT2D eigenvalue weighted by Crippen LogP contribution is 2.23. The molecule has 2 rings (SSSR count). The summed E-state index contributed by atoms with van der Waals surface area (Å²) in [7, 11) is 0. The van der Waals surface area contributed by atoms with Crippen LogP contribution in [0.4, 0.5) is 11.4 Å². The lowest BCUT2D eigenvalue weighted by atomic mass is 9.94. The van der Waals surface area contributed by atoms with Gasteiger partial charge in [-0.05, 0) is 24.3 Å². The van der Waals surface area contributed by atoms with Crippen LogP contribution in [0.25, 0.3) is 0 Å². The smallest absolute Gasteiger partial charge is 0.240 e. The Bertz CT molecular complexity index is 546. The van der Waals surface area contributed by atoms with E-state index in [1.807, 2.05) is 37.8 Å². The highest BCUT2D eigenvalue weighted by atomic mass is 16.2. The molecule has 5 heteroatoms. The Hall–Kier alpha value is -2.13. The normalized spacial score (nSPS) is 15.6. The summed E-state index contributed by atoms with van der Waals surface area (Å²) >= 11 is 0. The molecule has 1 heterocycles. The minimum Gasteiger partial charge on any atom is -0.368 e. The molecule has 0 bridgehead atoms. The first-order chi connectivity index (χ1) is 9.91. The van der Waals surface area contributed by atoms with Crippen LogP contribution < -0.4 is 4.90 Å². The SMILES string of the molecule is CC(C)(C)C(=O)N1CCN(c2ccc(N=C=O)cc2)CC1. The molecule has 1 saturated heterocycles. The van der Waals surface area contributed by atoms with Crippen LogP contribution in [-0.2, 0) is 9.59 Å². The van der Waals surface area contributed by atoms with E-state index >= 15 is 0 Å². The molecule has 0 spiro atoms. The van der Waals surface area contributed by atoms with E-state index in [1.165, 1.54) is 6.08 Å². The van der Waals surface area contributed by atoms with Crippen molar-refractivity contribution in [1.82, 2.24) is 4.90 Å². The molecule has 0 aliphatic carbocycles.